The third-order valence-corrected chi connectivity index (χ3v) is 3.97. The zero-order valence-corrected chi connectivity index (χ0v) is 14.2. The molecule has 2 N–H and O–H groups in total. The number of piperazine rings is 1. The first-order valence-electron chi connectivity index (χ1n) is 7.09. The third-order valence-electron chi connectivity index (χ3n) is 3.97. The van der Waals surface area contributed by atoms with Crippen molar-refractivity contribution in [3.8, 4) is 0 Å². The molecule has 6 heteroatoms. The van der Waals surface area contributed by atoms with Gasteiger partial charge in [-0.2, -0.15) is 0 Å². The summed E-state index contributed by atoms with van der Waals surface area (Å²) in [6.45, 7) is 8.46. The van der Waals surface area contributed by atoms with Gasteiger partial charge in [0.25, 0.3) is 0 Å². The highest BCUT2D eigenvalue weighted by atomic mass is 35.5. The Balaban J connectivity index is 0. The zero-order chi connectivity index (χ0) is 11.1. The predicted molar refractivity (Wildman–Crippen MR) is 90.5 cm³/mol. The largest absolute Gasteiger partial charge is 0.315 e. The SMILES string of the molecule is C1CCC(CNCCN2CCNCC2)CC1.Cl.Cl.Cl. The Bertz CT molecular complexity index is 164. The maximum atomic E-state index is 3.64. The molecule has 0 bridgehead atoms. The highest BCUT2D eigenvalue weighted by Crippen LogP contribution is 2.22. The molecule has 0 amide bonds. The number of nitrogens with one attached hydrogen (secondary N) is 2. The Kier molecular flexibility index (Phi) is 15.9. The second-order valence-corrected chi connectivity index (χ2v) is 5.30. The van der Waals surface area contributed by atoms with Crippen molar-refractivity contribution in [3.05, 3.63) is 0 Å². The van der Waals surface area contributed by atoms with Gasteiger partial charge in [0, 0.05) is 39.3 Å². The van der Waals surface area contributed by atoms with E-state index in [1.165, 1.54) is 77.9 Å². The van der Waals surface area contributed by atoms with Crippen LogP contribution in [0.1, 0.15) is 32.1 Å². The molecule has 1 saturated carbocycles. The van der Waals surface area contributed by atoms with E-state index >= 15 is 0 Å². The summed E-state index contributed by atoms with van der Waals surface area (Å²) in [5, 5.41) is 7.04. The van der Waals surface area contributed by atoms with Gasteiger partial charge in [-0.25, -0.2) is 0 Å². The Hall–Kier alpha value is 0.750. The lowest BCUT2D eigenvalue weighted by atomic mass is 9.89. The molecule has 0 spiro atoms. The van der Waals surface area contributed by atoms with Crippen LogP contribution in [0.4, 0.5) is 0 Å². The summed E-state index contributed by atoms with van der Waals surface area (Å²) in [7, 11) is 0. The van der Waals surface area contributed by atoms with E-state index in [0.29, 0.717) is 0 Å². The second kappa shape index (κ2) is 13.7. The molecule has 2 rings (SSSR count). The number of rotatable bonds is 5. The Morgan fingerprint density at radius 3 is 2.21 bits per heavy atom. The van der Waals surface area contributed by atoms with Crippen molar-refractivity contribution < 1.29 is 0 Å². The molecule has 0 unspecified atom stereocenters. The van der Waals surface area contributed by atoms with Gasteiger partial charge in [-0.1, -0.05) is 19.3 Å². The molecule has 118 valence electrons. The summed E-state index contributed by atoms with van der Waals surface area (Å²) >= 11 is 0. The Morgan fingerprint density at radius 1 is 0.947 bits per heavy atom. The van der Waals surface area contributed by atoms with Gasteiger partial charge in [0.15, 0.2) is 0 Å². The molecular formula is C13H30Cl3N3. The van der Waals surface area contributed by atoms with E-state index < -0.39 is 0 Å². The lowest BCUT2D eigenvalue weighted by Gasteiger charge is -2.28. The minimum absolute atomic E-state index is 0. The zero-order valence-electron chi connectivity index (χ0n) is 11.7. The van der Waals surface area contributed by atoms with E-state index in [0.717, 1.165) is 5.92 Å². The van der Waals surface area contributed by atoms with Gasteiger partial charge >= 0.3 is 0 Å². The van der Waals surface area contributed by atoms with E-state index in [4.69, 9.17) is 0 Å². The van der Waals surface area contributed by atoms with E-state index in [2.05, 4.69) is 15.5 Å². The van der Waals surface area contributed by atoms with Crippen LogP contribution < -0.4 is 10.6 Å². The Labute approximate surface area is 136 Å². The first-order valence-corrected chi connectivity index (χ1v) is 7.09. The van der Waals surface area contributed by atoms with Crippen LogP contribution in [0.2, 0.25) is 0 Å². The fraction of sp³-hybridized carbons (Fsp3) is 1.00. The van der Waals surface area contributed by atoms with Crippen molar-refractivity contribution in [1.82, 2.24) is 15.5 Å². The molecule has 2 aliphatic rings. The molecule has 0 atom stereocenters. The van der Waals surface area contributed by atoms with Crippen molar-refractivity contribution in [2.45, 2.75) is 32.1 Å². The van der Waals surface area contributed by atoms with Crippen LogP contribution in [0, 0.1) is 5.92 Å². The summed E-state index contributed by atoms with van der Waals surface area (Å²) in [6.07, 6.45) is 7.31. The van der Waals surface area contributed by atoms with Crippen molar-refractivity contribution in [2.75, 3.05) is 45.8 Å². The van der Waals surface area contributed by atoms with E-state index in [1.54, 1.807) is 0 Å². The smallest absolute Gasteiger partial charge is 0.0108 e. The quantitative estimate of drug-likeness (QED) is 0.756. The summed E-state index contributed by atoms with van der Waals surface area (Å²) < 4.78 is 0. The van der Waals surface area contributed by atoms with E-state index in [9.17, 15) is 0 Å². The molecular weight excluding hydrogens is 305 g/mol. The van der Waals surface area contributed by atoms with Crippen LogP contribution in [0.5, 0.6) is 0 Å². The fourth-order valence-corrected chi connectivity index (χ4v) is 2.87. The average Bonchev–Trinajstić information content (AvgIpc) is 2.37. The third kappa shape index (κ3) is 9.33. The fourth-order valence-electron chi connectivity index (χ4n) is 2.87. The van der Waals surface area contributed by atoms with Gasteiger partial charge in [-0.3, -0.25) is 4.90 Å². The van der Waals surface area contributed by atoms with Gasteiger partial charge < -0.3 is 10.6 Å². The molecule has 3 nitrogen and oxygen atoms in total. The molecule has 1 aliphatic heterocycles. The highest BCUT2D eigenvalue weighted by molar-refractivity contribution is 5.86. The summed E-state index contributed by atoms with van der Waals surface area (Å²) in [6, 6.07) is 0. The van der Waals surface area contributed by atoms with Gasteiger partial charge in [-0.15, -0.1) is 37.2 Å². The molecule has 1 aliphatic carbocycles. The second-order valence-electron chi connectivity index (χ2n) is 5.30. The summed E-state index contributed by atoms with van der Waals surface area (Å²) in [5.74, 6) is 0.969. The minimum Gasteiger partial charge on any atom is -0.315 e. The molecule has 0 aromatic heterocycles. The molecule has 2 fully saturated rings. The molecule has 0 aromatic carbocycles. The van der Waals surface area contributed by atoms with Crippen LogP contribution in [-0.2, 0) is 0 Å². The first-order chi connectivity index (χ1) is 7.95. The monoisotopic (exact) mass is 333 g/mol. The standard InChI is InChI=1S/C13H27N3.3ClH/c1-2-4-13(5-3-1)12-15-8-11-16-9-6-14-7-10-16;;;/h13-15H,1-12H2;3*1H. The normalized spacial score (nSPS) is 20.8. The maximum absolute atomic E-state index is 3.64. The van der Waals surface area contributed by atoms with Crippen molar-refractivity contribution in [2.24, 2.45) is 5.92 Å². The minimum atomic E-state index is 0. The molecule has 0 radical (unpaired) electrons. The van der Waals surface area contributed by atoms with Gasteiger partial charge in [0.05, 0.1) is 0 Å². The van der Waals surface area contributed by atoms with Crippen molar-refractivity contribution in [1.29, 1.82) is 0 Å². The van der Waals surface area contributed by atoms with Crippen LogP contribution in [0.25, 0.3) is 0 Å². The van der Waals surface area contributed by atoms with Crippen molar-refractivity contribution in [3.63, 3.8) is 0 Å². The number of hydrogen-bond donors (Lipinski definition) is 2. The van der Waals surface area contributed by atoms with Gasteiger partial charge in [-0.05, 0) is 25.3 Å². The van der Waals surface area contributed by atoms with Crippen LogP contribution >= 0.6 is 37.2 Å². The Morgan fingerprint density at radius 2 is 1.58 bits per heavy atom. The number of nitrogens with zero attached hydrogens (tertiary/aromatic N) is 1. The molecule has 1 heterocycles. The topological polar surface area (TPSA) is 27.3 Å². The lowest BCUT2D eigenvalue weighted by molar-refractivity contribution is 0.237. The molecule has 19 heavy (non-hydrogen) atoms. The van der Waals surface area contributed by atoms with E-state index in [1.807, 2.05) is 0 Å². The molecule has 0 aromatic rings. The number of hydrogen-bond acceptors (Lipinski definition) is 3. The van der Waals surface area contributed by atoms with Crippen molar-refractivity contribution >= 4 is 37.2 Å². The van der Waals surface area contributed by atoms with Crippen LogP contribution in [-0.4, -0.2) is 50.7 Å². The predicted octanol–water partition coefficient (Wildman–Crippen LogP) is 2.33. The first kappa shape index (κ1) is 22.0. The summed E-state index contributed by atoms with van der Waals surface area (Å²) in [4.78, 5) is 2.56. The van der Waals surface area contributed by atoms with Gasteiger partial charge in [0.1, 0.15) is 0 Å². The van der Waals surface area contributed by atoms with E-state index in [-0.39, 0.29) is 37.2 Å². The average molecular weight is 335 g/mol. The summed E-state index contributed by atoms with van der Waals surface area (Å²) in [5.41, 5.74) is 0. The van der Waals surface area contributed by atoms with Crippen LogP contribution in [0.3, 0.4) is 0 Å². The lowest BCUT2D eigenvalue weighted by Crippen LogP contribution is -2.46. The van der Waals surface area contributed by atoms with Crippen LogP contribution in [0.15, 0.2) is 0 Å². The highest BCUT2D eigenvalue weighted by Gasteiger charge is 2.13. The maximum Gasteiger partial charge on any atom is 0.0108 e. The number of halogens is 3. The molecule has 1 saturated heterocycles. The van der Waals surface area contributed by atoms with Gasteiger partial charge in [0.2, 0.25) is 0 Å².